The lowest BCUT2D eigenvalue weighted by atomic mass is 9.71. The lowest BCUT2D eigenvalue weighted by Gasteiger charge is -2.40. The predicted octanol–water partition coefficient (Wildman–Crippen LogP) is 1.41. The number of amides is 2. The van der Waals surface area contributed by atoms with Gasteiger partial charge >= 0.3 is 6.03 Å². The van der Waals surface area contributed by atoms with E-state index in [-0.39, 0.29) is 11.6 Å². The maximum absolute atomic E-state index is 11.2. The highest BCUT2D eigenvalue weighted by Crippen LogP contribution is 2.37. The van der Waals surface area contributed by atoms with Gasteiger partial charge in [0.1, 0.15) is 11.4 Å². The van der Waals surface area contributed by atoms with Gasteiger partial charge in [0, 0.05) is 0 Å². The van der Waals surface area contributed by atoms with E-state index in [9.17, 15) is 4.79 Å². The van der Waals surface area contributed by atoms with Crippen LogP contribution in [0.25, 0.3) is 0 Å². The molecule has 0 radical (unpaired) electrons. The van der Waals surface area contributed by atoms with Gasteiger partial charge in [-0.05, 0) is 18.8 Å². The molecule has 1 spiro atoms. The molecule has 0 bridgehead atoms. The Kier molecular flexibility index (Phi) is 2.21. The molecule has 0 saturated heterocycles. The number of aliphatic imine (C=N–C) groups is 1. The van der Waals surface area contributed by atoms with Gasteiger partial charge in [0.05, 0.1) is 0 Å². The van der Waals surface area contributed by atoms with Gasteiger partial charge in [-0.1, -0.05) is 26.2 Å². The van der Waals surface area contributed by atoms with E-state index in [0.717, 1.165) is 25.7 Å². The van der Waals surface area contributed by atoms with Crippen LogP contribution in [-0.2, 0) is 0 Å². The third-order valence-corrected chi connectivity index (χ3v) is 3.57. The number of nitrogens with zero attached hydrogens (tertiary/aromatic N) is 1. The van der Waals surface area contributed by atoms with E-state index >= 15 is 0 Å². The van der Waals surface area contributed by atoms with E-state index in [0.29, 0.717) is 11.8 Å². The van der Waals surface area contributed by atoms with Gasteiger partial charge in [0.25, 0.3) is 0 Å². The number of nitrogens with two attached hydrogens (primary N) is 1. The number of urea groups is 1. The molecule has 2 amide bonds. The normalized spacial score (nSPS) is 37.1. The van der Waals surface area contributed by atoms with Gasteiger partial charge < -0.3 is 11.1 Å². The van der Waals surface area contributed by atoms with Gasteiger partial charge in [-0.25, -0.2) is 4.79 Å². The molecule has 0 aromatic rings. The molecule has 2 unspecified atom stereocenters. The molecule has 2 aliphatic rings. The quantitative estimate of drug-likeness (QED) is 0.664. The SMILES string of the molecule is CCC1CCCCC12NC(=O)N=C2N. The largest absolute Gasteiger partial charge is 0.385 e. The second kappa shape index (κ2) is 3.26. The zero-order chi connectivity index (χ0) is 10.2. The Morgan fingerprint density at radius 2 is 2.43 bits per heavy atom. The minimum atomic E-state index is -0.302. The first-order valence-electron chi connectivity index (χ1n) is 5.36. The summed E-state index contributed by atoms with van der Waals surface area (Å²) in [7, 11) is 0. The van der Waals surface area contributed by atoms with Gasteiger partial charge in [-0.15, -0.1) is 0 Å². The van der Waals surface area contributed by atoms with Crippen molar-refractivity contribution in [1.29, 1.82) is 0 Å². The van der Waals surface area contributed by atoms with Gasteiger partial charge in [0.15, 0.2) is 0 Å². The topological polar surface area (TPSA) is 67.5 Å². The molecule has 78 valence electrons. The van der Waals surface area contributed by atoms with Crippen LogP contribution in [0.2, 0.25) is 0 Å². The van der Waals surface area contributed by atoms with E-state index in [2.05, 4.69) is 17.2 Å². The number of hydrogen-bond donors (Lipinski definition) is 2. The highest BCUT2D eigenvalue weighted by Gasteiger charge is 2.47. The fourth-order valence-electron chi connectivity index (χ4n) is 2.79. The summed E-state index contributed by atoms with van der Waals surface area (Å²) in [5.74, 6) is 0.973. The van der Waals surface area contributed by atoms with E-state index in [4.69, 9.17) is 5.73 Å². The molecule has 2 atom stereocenters. The van der Waals surface area contributed by atoms with Crippen molar-refractivity contribution >= 4 is 11.9 Å². The average molecular weight is 195 g/mol. The first-order chi connectivity index (χ1) is 6.69. The van der Waals surface area contributed by atoms with Crippen molar-refractivity contribution in [1.82, 2.24) is 5.32 Å². The molecule has 0 aromatic carbocycles. The van der Waals surface area contributed by atoms with Crippen molar-refractivity contribution in [2.75, 3.05) is 0 Å². The summed E-state index contributed by atoms with van der Waals surface area (Å²) in [4.78, 5) is 15.0. The van der Waals surface area contributed by atoms with Gasteiger partial charge in [-0.3, -0.25) is 0 Å². The zero-order valence-corrected chi connectivity index (χ0v) is 8.55. The second-order valence-electron chi connectivity index (χ2n) is 4.25. The molecule has 1 fully saturated rings. The predicted molar refractivity (Wildman–Crippen MR) is 55.1 cm³/mol. The maximum Gasteiger partial charge on any atom is 0.343 e. The van der Waals surface area contributed by atoms with Crippen molar-refractivity contribution in [2.45, 2.75) is 44.6 Å². The Balaban J connectivity index is 2.28. The molecule has 0 aromatic heterocycles. The molecule has 1 aliphatic heterocycles. The standard InChI is InChI=1S/C10H17N3O/c1-2-7-5-3-4-6-10(7)8(11)12-9(14)13-10/h7H,2-6H2,1H3,(H3,11,12,13,14). The Hall–Kier alpha value is -1.06. The average Bonchev–Trinajstić information content (AvgIpc) is 2.43. The van der Waals surface area contributed by atoms with Crippen LogP contribution < -0.4 is 11.1 Å². The van der Waals surface area contributed by atoms with E-state index in [1.807, 2.05) is 0 Å². The molecular weight excluding hydrogens is 178 g/mol. The summed E-state index contributed by atoms with van der Waals surface area (Å²) in [5, 5.41) is 2.95. The van der Waals surface area contributed by atoms with Crippen LogP contribution in [0.5, 0.6) is 0 Å². The second-order valence-corrected chi connectivity index (χ2v) is 4.25. The number of nitrogens with one attached hydrogen (secondary N) is 1. The van der Waals surface area contributed by atoms with Gasteiger partial charge in [-0.2, -0.15) is 4.99 Å². The van der Waals surface area contributed by atoms with Crippen LogP contribution in [0.15, 0.2) is 4.99 Å². The van der Waals surface area contributed by atoms with Crippen LogP contribution in [0.4, 0.5) is 4.79 Å². The first kappa shape index (κ1) is 9.49. The number of amidine groups is 1. The van der Waals surface area contributed by atoms with Crippen molar-refractivity contribution in [3.63, 3.8) is 0 Å². The van der Waals surface area contributed by atoms with Crippen molar-refractivity contribution in [2.24, 2.45) is 16.6 Å². The maximum atomic E-state index is 11.2. The molecular formula is C10H17N3O. The van der Waals surface area contributed by atoms with E-state index < -0.39 is 0 Å². The Morgan fingerprint density at radius 1 is 1.64 bits per heavy atom. The van der Waals surface area contributed by atoms with Crippen LogP contribution >= 0.6 is 0 Å². The summed E-state index contributed by atoms with van der Waals surface area (Å²) < 4.78 is 0. The van der Waals surface area contributed by atoms with Crippen molar-refractivity contribution < 1.29 is 4.79 Å². The van der Waals surface area contributed by atoms with Crippen LogP contribution in [0, 0.1) is 5.92 Å². The fraction of sp³-hybridized carbons (Fsp3) is 0.800. The monoisotopic (exact) mass is 195 g/mol. The van der Waals surface area contributed by atoms with E-state index in [1.165, 1.54) is 6.42 Å². The van der Waals surface area contributed by atoms with Crippen molar-refractivity contribution in [3.8, 4) is 0 Å². The number of carbonyl (C=O) groups excluding carboxylic acids is 1. The van der Waals surface area contributed by atoms with E-state index in [1.54, 1.807) is 0 Å². The fourth-order valence-corrected chi connectivity index (χ4v) is 2.79. The number of hydrogen-bond acceptors (Lipinski definition) is 2. The third kappa shape index (κ3) is 1.21. The molecule has 3 N–H and O–H groups in total. The number of carbonyl (C=O) groups is 1. The molecule has 4 nitrogen and oxygen atoms in total. The lowest BCUT2D eigenvalue weighted by molar-refractivity contribution is 0.204. The minimum absolute atomic E-state index is 0.261. The molecule has 1 heterocycles. The highest BCUT2D eigenvalue weighted by atomic mass is 16.2. The first-order valence-corrected chi connectivity index (χ1v) is 5.36. The minimum Gasteiger partial charge on any atom is -0.385 e. The molecule has 14 heavy (non-hydrogen) atoms. The Labute approximate surface area is 84.0 Å². The third-order valence-electron chi connectivity index (χ3n) is 3.57. The summed E-state index contributed by atoms with van der Waals surface area (Å²) in [6.07, 6.45) is 5.52. The molecule has 2 rings (SSSR count). The molecule has 4 heteroatoms. The van der Waals surface area contributed by atoms with Crippen molar-refractivity contribution in [3.05, 3.63) is 0 Å². The van der Waals surface area contributed by atoms with Crippen LogP contribution in [0.1, 0.15) is 39.0 Å². The zero-order valence-electron chi connectivity index (χ0n) is 8.55. The summed E-state index contributed by atoms with van der Waals surface area (Å²) in [6.45, 7) is 2.15. The molecule has 1 saturated carbocycles. The lowest BCUT2D eigenvalue weighted by Crippen LogP contribution is -2.58. The summed E-state index contributed by atoms with van der Waals surface area (Å²) >= 11 is 0. The number of rotatable bonds is 1. The Bertz CT molecular complexity index is 287. The van der Waals surface area contributed by atoms with Crippen LogP contribution in [-0.4, -0.2) is 17.4 Å². The smallest absolute Gasteiger partial charge is 0.343 e. The highest BCUT2D eigenvalue weighted by molar-refractivity contribution is 6.06. The summed E-state index contributed by atoms with van der Waals surface area (Å²) in [5.41, 5.74) is 5.57. The molecule has 1 aliphatic carbocycles. The summed E-state index contributed by atoms with van der Waals surface area (Å²) in [6, 6.07) is -0.261. The van der Waals surface area contributed by atoms with Gasteiger partial charge in [0.2, 0.25) is 0 Å². The van der Waals surface area contributed by atoms with Crippen LogP contribution in [0.3, 0.4) is 0 Å². The Morgan fingerprint density at radius 3 is 3.00 bits per heavy atom.